The minimum atomic E-state index is -4.82. The number of rotatable bonds is 10. The van der Waals surface area contributed by atoms with Crippen molar-refractivity contribution < 1.29 is 45.4 Å². The topological polar surface area (TPSA) is 164 Å². The van der Waals surface area contributed by atoms with E-state index in [1.54, 1.807) is 6.92 Å². The van der Waals surface area contributed by atoms with Gasteiger partial charge in [0.05, 0.1) is 61.1 Å². The number of benzene rings is 2. The number of fused-ring (bicyclic) bond motifs is 2. The molecule has 6 aromatic rings. The average molecular weight is 729 g/mol. The number of anilines is 1. The molecular weight excluding hydrogens is 702 g/mol. The number of halogens is 6. The van der Waals surface area contributed by atoms with Crippen LogP contribution >= 0.6 is 0 Å². The van der Waals surface area contributed by atoms with E-state index in [0.29, 0.717) is 11.5 Å². The van der Waals surface area contributed by atoms with Gasteiger partial charge >= 0.3 is 12.4 Å². The maximum atomic E-state index is 13.8. The zero-order valence-electron chi connectivity index (χ0n) is 27.2. The molecule has 52 heavy (non-hydrogen) atoms. The van der Waals surface area contributed by atoms with Gasteiger partial charge in [0.25, 0.3) is 5.91 Å². The molecule has 4 aromatic heterocycles. The number of alkyl halides is 6. The summed E-state index contributed by atoms with van der Waals surface area (Å²) < 4.78 is 94.7. The highest BCUT2D eigenvalue weighted by molar-refractivity contribution is 5.93. The number of carbonyl (C=O) groups is 2. The smallest absolute Gasteiger partial charge is 0.450 e. The SMILES string of the molecule is COc1ccc2c(c1)nc(C(F)(F)F)n2-c1cnc(NC(=O)C(C)CCNC(=O)c2cnc(-n3c(C(F)(F)F)nc4cc(OC)ccc43)cn2)cn1. The summed E-state index contributed by atoms with van der Waals surface area (Å²) in [5, 5.41) is 5.10. The van der Waals surface area contributed by atoms with E-state index in [9.17, 15) is 35.9 Å². The number of aromatic nitrogens is 8. The Hall–Kier alpha value is -6.34. The third-order valence-corrected chi connectivity index (χ3v) is 7.76. The molecule has 0 aliphatic rings. The van der Waals surface area contributed by atoms with Crippen LogP contribution in [0, 0.1) is 5.92 Å². The largest absolute Gasteiger partial charge is 0.497 e. The summed E-state index contributed by atoms with van der Waals surface area (Å²) in [6, 6.07) is 8.46. The van der Waals surface area contributed by atoms with Gasteiger partial charge in [-0.15, -0.1) is 0 Å². The molecule has 14 nitrogen and oxygen atoms in total. The Morgan fingerprint density at radius 2 is 1.27 bits per heavy atom. The number of ether oxygens (including phenoxy) is 2. The van der Waals surface area contributed by atoms with E-state index in [4.69, 9.17) is 9.47 Å². The number of methoxy groups -OCH3 is 2. The second-order valence-electron chi connectivity index (χ2n) is 11.2. The monoisotopic (exact) mass is 728 g/mol. The zero-order valence-corrected chi connectivity index (χ0v) is 27.2. The number of nitrogens with one attached hydrogen (secondary N) is 2. The molecule has 2 N–H and O–H groups in total. The summed E-state index contributed by atoms with van der Waals surface area (Å²) in [5.74, 6) is -4.14. The van der Waals surface area contributed by atoms with E-state index in [1.807, 2.05) is 0 Å². The Morgan fingerprint density at radius 3 is 1.71 bits per heavy atom. The van der Waals surface area contributed by atoms with Crippen LogP contribution in [0.3, 0.4) is 0 Å². The van der Waals surface area contributed by atoms with Crippen LogP contribution in [0.25, 0.3) is 33.7 Å². The number of imidazole rings is 2. The maximum Gasteiger partial charge on any atom is 0.450 e. The van der Waals surface area contributed by atoms with E-state index < -0.39 is 41.7 Å². The van der Waals surface area contributed by atoms with Crippen molar-refractivity contribution in [2.24, 2.45) is 5.92 Å². The van der Waals surface area contributed by atoms with Crippen LogP contribution in [-0.2, 0) is 17.1 Å². The summed E-state index contributed by atoms with van der Waals surface area (Å²) in [5.41, 5.74) is 0.0645. The van der Waals surface area contributed by atoms with Gasteiger partial charge in [0.15, 0.2) is 17.5 Å². The lowest BCUT2D eigenvalue weighted by Crippen LogP contribution is -2.29. The van der Waals surface area contributed by atoms with E-state index in [2.05, 4.69) is 40.5 Å². The summed E-state index contributed by atoms with van der Waals surface area (Å²) >= 11 is 0. The second kappa shape index (κ2) is 13.8. The van der Waals surface area contributed by atoms with Crippen molar-refractivity contribution in [3.8, 4) is 23.1 Å². The van der Waals surface area contributed by atoms with Gasteiger partial charge in [0, 0.05) is 24.6 Å². The van der Waals surface area contributed by atoms with E-state index in [1.165, 1.54) is 50.6 Å². The fraction of sp³-hybridized carbons (Fsp3) is 0.250. The highest BCUT2D eigenvalue weighted by Crippen LogP contribution is 2.36. The highest BCUT2D eigenvalue weighted by atomic mass is 19.4. The predicted octanol–water partition coefficient (Wildman–Crippen LogP) is 5.39. The normalized spacial score (nSPS) is 12.6. The number of nitrogens with zero attached hydrogens (tertiary/aromatic N) is 8. The Kier molecular flexibility index (Phi) is 9.39. The van der Waals surface area contributed by atoms with Gasteiger partial charge in [-0.25, -0.2) is 29.9 Å². The molecule has 0 saturated heterocycles. The average Bonchev–Trinajstić information content (AvgIpc) is 3.71. The van der Waals surface area contributed by atoms with E-state index in [0.717, 1.165) is 33.9 Å². The second-order valence-corrected chi connectivity index (χ2v) is 11.2. The highest BCUT2D eigenvalue weighted by Gasteiger charge is 2.39. The molecule has 0 radical (unpaired) electrons. The predicted molar refractivity (Wildman–Crippen MR) is 171 cm³/mol. The van der Waals surface area contributed by atoms with Gasteiger partial charge in [-0.1, -0.05) is 6.92 Å². The van der Waals surface area contributed by atoms with E-state index >= 15 is 0 Å². The van der Waals surface area contributed by atoms with Gasteiger partial charge in [-0.05, 0) is 30.7 Å². The van der Waals surface area contributed by atoms with Crippen LogP contribution in [0.2, 0.25) is 0 Å². The minimum Gasteiger partial charge on any atom is -0.497 e. The Labute approximate surface area is 288 Å². The summed E-state index contributed by atoms with van der Waals surface area (Å²) in [4.78, 5) is 49.0. The molecule has 0 aliphatic heterocycles. The van der Waals surface area contributed by atoms with Gasteiger partial charge in [0.1, 0.15) is 17.2 Å². The number of hydrogen-bond donors (Lipinski definition) is 2. The first-order valence-electron chi connectivity index (χ1n) is 15.2. The minimum absolute atomic E-state index is 0.00634. The zero-order chi connectivity index (χ0) is 37.4. The van der Waals surface area contributed by atoms with Crippen molar-refractivity contribution >= 4 is 39.7 Å². The van der Waals surface area contributed by atoms with Crippen LogP contribution < -0.4 is 20.1 Å². The quantitative estimate of drug-likeness (QED) is 0.175. The Morgan fingerprint density at radius 1 is 0.750 bits per heavy atom. The first kappa shape index (κ1) is 35.5. The van der Waals surface area contributed by atoms with Crippen LogP contribution in [-0.4, -0.2) is 71.6 Å². The molecule has 1 unspecified atom stereocenters. The molecule has 0 saturated carbocycles. The van der Waals surface area contributed by atoms with Crippen molar-refractivity contribution in [2.45, 2.75) is 25.7 Å². The van der Waals surface area contributed by atoms with Crippen LogP contribution in [0.5, 0.6) is 11.5 Å². The fourth-order valence-electron chi connectivity index (χ4n) is 5.15. The Bertz CT molecular complexity index is 2270. The van der Waals surface area contributed by atoms with Gasteiger partial charge in [-0.3, -0.25) is 18.7 Å². The molecule has 2 aromatic carbocycles. The summed E-state index contributed by atoms with van der Waals surface area (Å²) in [6.45, 7) is 1.58. The third kappa shape index (κ3) is 7.12. The molecule has 4 heterocycles. The Balaban J connectivity index is 1.07. The molecule has 0 bridgehead atoms. The van der Waals surface area contributed by atoms with Crippen LogP contribution in [0.15, 0.2) is 61.2 Å². The van der Waals surface area contributed by atoms with Crippen molar-refractivity contribution in [1.29, 1.82) is 0 Å². The van der Waals surface area contributed by atoms with Crippen molar-refractivity contribution in [3.05, 3.63) is 78.5 Å². The molecule has 270 valence electrons. The first-order valence-corrected chi connectivity index (χ1v) is 15.2. The standard InChI is InChI=1S/C32H26F6N10O4/c1-16(27(49)46-24-13-43-26(15-41-24)48-23-7-5-18(52-3)11-20(23)45-30(48)32(36,37)38)8-9-39-28(50)21-12-42-25(14-40-21)47-22-6-4-17(51-2)10-19(22)44-29(47)31(33,34)35/h4-7,10-16H,8-9H2,1-3H3,(H,39,50)(H,41,46,49). The molecule has 0 aliphatic carbocycles. The lowest BCUT2D eigenvalue weighted by Gasteiger charge is -2.13. The van der Waals surface area contributed by atoms with Crippen molar-refractivity contribution in [3.63, 3.8) is 0 Å². The molecule has 6 rings (SSSR count). The molecule has 1 atom stereocenters. The van der Waals surface area contributed by atoms with Crippen molar-refractivity contribution in [2.75, 3.05) is 26.1 Å². The number of amides is 2. The van der Waals surface area contributed by atoms with Gasteiger partial charge < -0.3 is 20.1 Å². The van der Waals surface area contributed by atoms with Crippen molar-refractivity contribution in [1.82, 2.24) is 44.4 Å². The van der Waals surface area contributed by atoms with Gasteiger partial charge in [-0.2, -0.15) is 26.3 Å². The molecule has 0 fully saturated rings. The maximum absolute atomic E-state index is 13.8. The molecule has 0 spiro atoms. The molecular formula is C32H26F6N10O4. The van der Waals surface area contributed by atoms with Crippen LogP contribution in [0.4, 0.5) is 32.2 Å². The van der Waals surface area contributed by atoms with Gasteiger partial charge in [0.2, 0.25) is 17.6 Å². The first-order chi connectivity index (χ1) is 24.7. The fourth-order valence-corrected chi connectivity index (χ4v) is 5.15. The lowest BCUT2D eigenvalue weighted by atomic mass is 10.1. The molecule has 2 amide bonds. The lowest BCUT2D eigenvalue weighted by molar-refractivity contribution is -0.146. The number of carbonyl (C=O) groups excluding carboxylic acids is 2. The van der Waals surface area contributed by atoms with E-state index in [-0.39, 0.29) is 58.2 Å². The summed E-state index contributed by atoms with van der Waals surface area (Å²) in [6.07, 6.45) is -5.31. The molecule has 20 heteroatoms. The third-order valence-electron chi connectivity index (χ3n) is 7.76. The number of hydrogen-bond acceptors (Lipinski definition) is 10. The summed E-state index contributed by atoms with van der Waals surface area (Å²) in [7, 11) is 2.74. The van der Waals surface area contributed by atoms with Crippen LogP contribution in [0.1, 0.15) is 35.5 Å².